The second kappa shape index (κ2) is 8.18. The summed E-state index contributed by atoms with van der Waals surface area (Å²) in [7, 11) is 0. The molecule has 1 aliphatic heterocycles. The number of pyridine rings is 1. The normalized spacial score (nSPS) is 14.1. The number of amides is 1. The molecule has 3 heterocycles. The molecule has 4 rings (SSSR count). The highest BCUT2D eigenvalue weighted by Crippen LogP contribution is 2.20. The van der Waals surface area contributed by atoms with Gasteiger partial charge in [-0.15, -0.1) is 0 Å². The molecule has 28 heavy (non-hydrogen) atoms. The Labute approximate surface area is 161 Å². The topological polar surface area (TPSA) is 80.5 Å². The Bertz CT molecular complexity index is 952. The number of nitrogens with one attached hydrogen (secondary N) is 1. The summed E-state index contributed by atoms with van der Waals surface area (Å²) < 4.78 is 23.9. The molecule has 1 aromatic carbocycles. The number of carbonyl (C=O) groups is 1. The number of benzene rings is 1. The van der Waals surface area contributed by atoms with Crippen LogP contribution in [0.15, 0.2) is 53.2 Å². The number of hydrogen-bond acceptors (Lipinski definition) is 6. The van der Waals surface area contributed by atoms with Crippen molar-refractivity contribution in [2.45, 2.75) is 6.54 Å². The fourth-order valence-electron chi connectivity index (χ4n) is 2.92. The van der Waals surface area contributed by atoms with Crippen LogP contribution in [0.25, 0.3) is 11.3 Å². The number of carbonyl (C=O) groups excluding carboxylic acids is 1. The van der Waals surface area contributed by atoms with E-state index < -0.39 is 5.91 Å². The van der Waals surface area contributed by atoms with Gasteiger partial charge in [0.2, 0.25) is 0 Å². The predicted octanol–water partition coefficient (Wildman–Crippen LogP) is 2.64. The van der Waals surface area contributed by atoms with Gasteiger partial charge in [0.15, 0.2) is 5.76 Å². The molecule has 0 atom stereocenters. The quantitative estimate of drug-likeness (QED) is 0.731. The van der Waals surface area contributed by atoms with Crippen molar-refractivity contribution in [1.29, 1.82) is 0 Å². The Morgan fingerprint density at radius 3 is 2.71 bits per heavy atom. The van der Waals surface area contributed by atoms with Crippen LogP contribution in [0, 0.1) is 5.82 Å². The lowest BCUT2D eigenvalue weighted by atomic mass is 10.2. The summed E-state index contributed by atoms with van der Waals surface area (Å²) in [4.78, 5) is 22.9. The summed E-state index contributed by atoms with van der Waals surface area (Å²) in [6, 6.07) is 9.60. The average molecular weight is 382 g/mol. The fraction of sp³-hybridized carbons (Fsp3) is 0.250. The van der Waals surface area contributed by atoms with Crippen LogP contribution in [-0.4, -0.2) is 42.2 Å². The van der Waals surface area contributed by atoms with E-state index in [4.69, 9.17) is 9.15 Å². The van der Waals surface area contributed by atoms with Crippen LogP contribution >= 0.6 is 0 Å². The van der Waals surface area contributed by atoms with E-state index in [1.165, 1.54) is 18.3 Å². The van der Waals surface area contributed by atoms with E-state index in [2.05, 4.69) is 20.2 Å². The molecule has 1 aliphatic rings. The largest absolute Gasteiger partial charge is 0.432 e. The molecule has 1 fully saturated rings. The number of aromatic nitrogens is 2. The van der Waals surface area contributed by atoms with E-state index in [-0.39, 0.29) is 11.7 Å². The van der Waals surface area contributed by atoms with Crippen molar-refractivity contribution in [1.82, 2.24) is 15.3 Å². The maximum absolute atomic E-state index is 13.0. The van der Waals surface area contributed by atoms with E-state index in [1.807, 2.05) is 12.1 Å². The molecule has 2 aromatic heterocycles. The van der Waals surface area contributed by atoms with Gasteiger partial charge in [0.05, 0.1) is 19.4 Å². The first-order valence-electron chi connectivity index (χ1n) is 8.96. The predicted molar refractivity (Wildman–Crippen MR) is 100 cm³/mol. The number of nitrogens with zero attached hydrogens (tertiary/aromatic N) is 3. The number of oxazole rings is 1. The van der Waals surface area contributed by atoms with Crippen molar-refractivity contribution in [2.75, 3.05) is 31.2 Å². The van der Waals surface area contributed by atoms with Crippen LogP contribution in [0.4, 0.5) is 10.2 Å². The highest BCUT2D eigenvalue weighted by atomic mass is 19.1. The first-order chi connectivity index (χ1) is 13.7. The molecule has 0 radical (unpaired) electrons. The summed E-state index contributed by atoms with van der Waals surface area (Å²) in [6.45, 7) is 3.29. The van der Waals surface area contributed by atoms with Crippen molar-refractivity contribution in [3.63, 3.8) is 0 Å². The smallest absolute Gasteiger partial charge is 0.307 e. The molecule has 8 heteroatoms. The first-order valence-corrected chi connectivity index (χ1v) is 8.96. The van der Waals surface area contributed by atoms with Crippen molar-refractivity contribution in [2.24, 2.45) is 0 Å². The summed E-state index contributed by atoms with van der Waals surface area (Å²) in [5.74, 6) is 0.475. The molecule has 1 N–H and O–H groups in total. The summed E-state index contributed by atoms with van der Waals surface area (Å²) in [6.07, 6.45) is 3.18. The SMILES string of the molecule is O=C(NCc1ccnc(N2CCOCC2)c1)c1ncc(-c2ccc(F)cc2)o1. The van der Waals surface area contributed by atoms with E-state index in [9.17, 15) is 9.18 Å². The number of hydrogen-bond donors (Lipinski definition) is 1. The molecule has 1 saturated heterocycles. The van der Waals surface area contributed by atoms with Crippen molar-refractivity contribution in [3.05, 3.63) is 66.1 Å². The van der Waals surface area contributed by atoms with Gasteiger partial charge in [-0.2, -0.15) is 0 Å². The molecule has 0 bridgehead atoms. The van der Waals surface area contributed by atoms with Crippen molar-refractivity contribution < 1.29 is 18.3 Å². The lowest BCUT2D eigenvalue weighted by molar-refractivity contribution is 0.0917. The van der Waals surface area contributed by atoms with E-state index in [0.29, 0.717) is 31.1 Å². The number of rotatable bonds is 5. The summed E-state index contributed by atoms with van der Waals surface area (Å²) in [5.41, 5.74) is 1.58. The molecule has 3 aromatic rings. The summed E-state index contributed by atoms with van der Waals surface area (Å²) in [5, 5.41) is 2.79. The van der Waals surface area contributed by atoms with Gasteiger partial charge in [0.1, 0.15) is 11.6 Å². The van der Waals surface area contributed by atoms with Crippen LogP contribution in [0.5, 0.6) is 0 Å². The second-order valence-corrected chi connectivity index (χ2v) is 6.34. The maximum Gasteiger partial charge on any atom is 0.307 e. The Morgan fingerprint density at radius 2 is 1.93 bits per heavy atom. The van der Waals surface area contributed by atoms with Gasteiger partial charge in [0, 0.05) is 31.4 Å². The molecular weight excluding hydrogens is 363 g/mol. The van der Waals surface area contributed by atoms with E-state index in [0.717, 1.165) is 24.5 Å². The minimum atomic E-state index is -0.418. The van der Waals surface area contributed by atoms with Crippen LogP contribution in [-0.2, 0) is 11.3 Å². The number of halogens is 1. The van der Waals surface area contributed by atoms with Gasteiger partial charge < -0.3 is 19.4 Å². The van der Waals surface area contributed by atoms with E-state index in [1.54, 1.807) is 18.3 Å². The van der Waals surface area contributed by atoms with Gasteiger partial charge in [-0.3, -0.25) is 4.79 Å². The number of morpholine rings is 1. The second-order valence-electron chi connectivity index (χ2n) is 6.34. The summed E-state index contributed by atoms with van der Waals surface area (Å²) >= 11 is 0. The first kappa shape index (κ1) is 18.1. The zero-order valence-electron chi connectivity index (χ0n) is 15.1. The molecule has 0 unspecified atom stereocenters. The van der Waals surface area contributed by atoms with Crippen LogP contribution in [0.1, 0.15) is 16.2 Å². The van der Waals surface area contributed by atoms with Gasteiger partial charge >= 0.3 is 5.91 Å². The standard InChI is InChI=1S/C20H19FN4O3/c21-16-3-1-15(2-4-16)17-13-24-20(28-17)19(26)23-12-14-5-6-22-18(11-14)25-7-9-27-10-8-25/h1-6,11,13H,7-10,12H2,(H,23,26). The molecule has 0 saturated carbocycles. The van der Waals surface area contributed by atoms with Crippen LogP contribution in [0.2, 0.25) is 0 Å². The third kappa shape index (κ3) is 4.17. The minimum Gasteiger partial charge on any atom is -0.432 e. The molecule has 0 spiro atoms. The average Bonchev–Trinajstić information content (AvgIpc) is 3.24. The third-order valence-corrected chi connectivity index (χ3v) is 4.43. The zero-order chi connectivity index (χ0) is 19.3. The van der Waals surface area contributed by atoms with Gasteiger partial charge in [-0.05, 0) is 42.0 Å². The van der Waals surface area contributed by atoms with Gasteiger partial charge in [-0.25, -0.2) is 14.4 Å². The highest BCUT2D eigenvalue weighted by molar-refractivity contribution is 5.89. The fourth-order valence-corrected chi connectivity index (χ4v) is 2.92. The van der Waals surface area contributed by atoms with E-state index >= 15 is 0 Å². The minimum absolute atomic E-state index is 0.0400. The Hall–Kier alpha value is -3.26. The third-order valence-electron chi connectivity index (χ3n) is 4.43. The molecule has 0 aliphatic carbocycles. The van der Waals surface area contributed by atoms with Crippen LogP contribution < -0.4 is 10.2 Å². The lowest BCUT2D eigenvalue weighted by Crippen LogP contribution is -2.36. The lowest BCUT2D eigenvalue weighted by Gasteiger charge is -2.28. The Kier molecular flexibility index (Phi) is 5.29. The highest BCUT2D eigenvalue weighted by Gasteiger charge is 2.15. The molecular formula is C20H19FN4O3. The Balaban J connectivity index is 1.39. The zero-order valence-corrected chi connectivity index (χ0v) is 15.1. The maximum atomic E-state index is 13.0. The number of ether oxygens (including phenoxy) is 1. The van der Waals surface area contributed by atoms with Crippen molar-refractivity contribution in [3.8, 4) is 11.3 Å². The van der Waals surface area contributed by atoms with Gasteiger partial charge in [0.25, 0.3) is 5.89 Å². The van der Waals surface area contributed by atoms with Crippen molar-refractivity contribution >= 4 is 11.7 Å². The molecule has 7 nitrogen and oxygen atoms in total. The van der Waals surface area contributed by atoms with Gasteiger partial charge in [-0.1, -0.05) is 0 Å². The monoisotopic (exact) mass is 382 g/mol. The Morgan fingerprint density at radius 1 is 1.14 bits per heavy atom. The van der Waals surface area contributed by atoms with Crippen LogP contribution in [0.3, 0.4) is 0 Å². The molecule has 1 amide bonds. The number of anilines is 1. The molecule has 144 valence electrons.